The molecular weight excluding hydrogens is 398 g/mol. The summed E-state index contributed by atoms with van der Waals surface area (Å²) < 4.78 is 0. The molecular formula is C26H31N5O. The summed E-state index contributed by atoms with van der Waals surface area (Å²) in [7, 11) is 0. The Labute approximate surface area is 190 Å². The van der Waals surface area contributed by atoms with Gasteiger partial charge in [0.1, 0.15) is 11.6 Å². The van der Waals surface area contributed by atoms with Crippen molar-refractivity contribution in [1.82, 2.24) is 15.3 Å². The average Bonchev–Trinajstić information content (AvgIpc) is 2.81. The third-order valence-electron chi connectivity index (χ3n) is 5.72. The quantitative estimate of drug-likeness (QED) is 0.524. The van der Waals surface area contributed by atoms with Gasteiger partial charge in [-0.1, -0.05) is 32.0 Å². The fourth-order valence-electron chi connectivity index (χ4n) is 4.00. The van der Waals surface area contributed by atoms with Crippen molar-refractivity contribution in [2.75, 3.05) is 36.4 Å². The standard InChI is InChI=1S/C26H31N5O/c1-18(2)16-24(32)21-6-4-7-22(19(21)3)29-25-17-20(10-11-28-25)23-8-5-9-26(30-23)31-14-12-27-13-15-31/h4-11,17-18,27H,12-16H2,1-3H3,(H,28,29). The molecule has 0 unspecified atom stereocenters. The largest absolute Gasteiger partial charge is 0.354 e. The number of ketones is 1. The maximum atomic E-state index is 12.6. The zero-order valence-corrected chi connectivity index (χ0v) is 19.1. The molecule has 1 aliphatic heterocycles. The van der Waals surface area contributed by atoms with Crippen LogP contribution in [0.15, 0.2) is 54.7 Å². The predicted molar refractivity (Wildman–Crippen MR) is 131 cm³/mol. The van der Waals surface area contributed by atoms with Gasteiger partial charge in [0.2, 0.25) is 0 Å². The van der Waals surface area contributed by atoms with E-state index in [0.29, 0.717) is 12.3 Å². The Hall–Kier alpha value is -3.25. The molecule has 0 radical (unpaired) electrons. The molecule has 3 aromatic rings. The van der Waals surface area contributed by atoms with Crippen molar-refractivity contribution in [1.29, 1.82) is 0 Å². The highest BCUT2D eigenvalue weighted by Crippen LogP contribution is 2.27. The molecule has 0 bridgehead atoms. The van der Waals surface area contributed by atoms with Crippen molar-refractivity contribution in [3.8, 4) is 11.3 Å². The van der Waals surface area contributed by atoms with Crippen LogP contribution in [0.1, 0.15) is 36.2 Å². The number of hydrogen-bond donors (Lipinski definition) is 2. The van der Waals surface area contributed by atoms with Crippen LogP contribution in [0, 0.1) is 12.8 Å². The molecule has 166 valence electrons. The second-order valence-corrected chi connectivity index (χ2v) is 8.67. The van der Waals surface area contributed by atoms with Gasteiger partial charge in [-0.15, -0.1) is 0 Å². The Kier molecular flexibility index (Phi) is 6.81. The first-order valence-corrected chi connectivity index (χ1v) is 11.3. The van der Waals surface area contributed by atoms with Crippen molar-refractivity contribution in [2.24, 2.45) is 5.92 Å². The van der Waals surface area contributed by atoms with Gasteiger partial charge in [-0.05, 0) is 48.7 Å². The lowest BCUT2D eigenvalue weighted by Gasteiger charge is -2.28. The number of carbonyl (C=O) groups excluding carboxylic acids is 1. The molecule has 0 spiro atoms. The lowest BCUT2D eigenvalue weighted by molar-refractivity contribution is 0.0967. The number of benzene rings is 1. The zero-order valence-electron chi connectivity index (χ0n) is 19.1. The Morgan fingerprint density at radius 1 is 1.12 bits per heavy atom. The summed E-state index contributed by atoms with van der Waals surface area (Å²) in [6.07, 6.45) is 2.34. The monoisotopic (exact) mass is 429 g/mol. The molecule has 2 aromatic heterocycles. The van der Waals surface area contributed by atoms with Crippen LogP contribution in [0.5, 0.6) is 0 Å². The lowest BCUT2D eigenvalue weighted by atomic mass is 9.97. The van der Waals surface area contributed by atoms with Gasteiger partial charge in [-0.25, -0.2) is 9.97 Å². The number of pyridine rings is 2. The summed E-state index contributed by atoms with van der Waals surface area (Å²) in [4.78, 5) is 24.3. The summed E-state index contributed by atoms with van der Waals surface area (Å²) in [5.41, 5.74) is 4.54. The van der Waals surface area contributed by atoms with Gasteiger partial charge in [0.25, 0.3) is 0 Å². The molecule has 1 aromatic carbocycles. The second-order valence-electron chi connectivity index (χ2n) is 8.67. The highest BCUT2D eigenvalue weighted by Gasteiger charge is 2.15. The van der Waals surface area contributed by atoms with E-state index in [2.05, 4.69) is 46.5 Å². The topological polar surface area (TPSA) is 70.2 Å². The molecule has 2 N–H and O–H groups in total. The summed E-state index contributed by atoms with van der Waals surface area (Å²) in [6, 6.07) is 15.9. The molecule has 32 heavy (non-hydrogen) atoms. The van der Waals surface area contributed by atoms with Gasteiger partial charge in [0.05, 0.1) is 5.69 Å². The first kappa shape index (κ1) is 22.0. The SMILES string of the molecule is Cc1c(Nc2cc(-c3cccc(N4CCNCC4)n3)ccn2)cccc1C(=O)CC(C)C. The van der Waals surface area contributed by atoms with Gasteiger partial charge in [0, 0.05) is 55.6 Å². The van der Waals surface area contributed by atoms with E-state index in [4.69, 9.17) is 4.98 Å². The van der Waals surface area contributed by atoms with Crippen LogP contribution in [-0.4, -0.2) is 41.9 Å². The van der Waals surface area contributed by atoms with E-state index in [1.807, 2.05) is 43.3 Å². The summed E-state index contributed by atoms with van der Waals surface area (Å²) in [5, 5.41) is 6.78. The number of piperazine rings is 1. The van der Waals surface area contributed by atoms with Crippen LogP contribution in [0.2, 0.25) is 0 Å². The van der Waals surface area contributed by atoms with Crippen molar-refractivity contribution in [2.45, 2.75) is 27.2 Å². The van der Waals surface area contributed by atoms with Crippen LogP contribution in [0.3, 0.4) is 0 Å². The Morgan fingerprint density at radius 3 is 2.69 bits per heavy atom. The van der Waals surface area contributed by atoms with E-state index in [9.17, 15) is 4.79 Å². The van der Waals surface area contributed by atoms with E-state index in [1.165, 1.54) is 0 Å². The van der Waals surface area contributed by atoms with Gasteiger partial charge >= 0.3 is 0 Å². The minimum absolute atomic E-state index is 0.178. The summed E-state index contributed by atoms with van der Waals surface area (Å²) >= 11 is 0. The number of Topliss-reactive ketones (excluding diaryl/α,β-unsaturated/α-hetero) is 1. The van der Waals surface area contributed by atoms with E-state index in [0.717, 1.165) is 65.9 Å². The minimum atomic E-state index is 0.178. The fourth-order valence-corrected chi connectivity index (χ4v) is 4.00. The molecule has 1 saturated heterocycles. The van der Waals surface area contributed by atoms with Crippen molar-refractivity contribution < 1.29 is 4.79 Å². The Morgan fingerprint density at radius 2 is 1.91 bits per heavy atom. The lowest BCUT2D eigenvalue weighted by Crippen LogP contribution is -2.43. The third kappa shape index (κ3) is 5.14. The molecule has 6 heteroatoms. The summed E-state index contributed by atoms with van der Waals surface area (Å²) in [6.45, 7) is 10.0. The van der Waals surface area contributed by atoms with Gasteiger partial charge < -0.3 is 15.5 Å². The Balaban J connectivity index is 1.56. The fraction of sp³-hybridized carbons (Fsp3) is 0.346. The van der Waals surface area contributed by atoms with Gasteiger partial charge in [-0.3, -0.25) is 4.79 Å². The molecule has 1 fully saturated rings. The van der Waals surface area contributed by atoms with Crippen molar-refractivity contribution in [3.05, 3.63) is 65.9 Å². The first-order chi connectivity index (χ1) is 15.5. The number of anilines is 3. The number of aromatic nitrogens is 2. The van der Waals surface area contributed by atoms with E-state index in [1.54, 1.807) is 6.20 Å². The van der Waals surface area contributed by atoms with Gasteiger partial charge in [-0.2, -0.15) is 0 Å². The number of carbonyl (C=O) groups is 1. The third-order valence-corrected chi connectivity index (χ3v) is 5.72. The number of nitrogens with zero attached hydrogens (tertiary/aromatic N) is 3. The average molecular weight is 430 g/mol. The normalized spacial score (nSPS) is 13.9. The molecule has 0 saturated carbocycles. The van der Waals surface area contributed by atoms with E-state index >= 15 is 0 Å². The molecule has 1 aliphatic rings. The van der Waals surface area contributed by atoms with Crippen molar-refractivity contribution >= 4 is 23.1 Å². The first-order valence-electron chi connectivity index (χ1n) is 11.3. The maximum Gasteiger partial charge on any atom is 0.163 e. The van der Waals surface area contributed by atoms with Crippen LogP contribution < -0.4 is 15.5 Å². The van der Waals surface area contributed by atoms with E-state index < -0.39 is 0 Å². The number of rotatable bonds is 7. The smallest absolute Gasteiger partial charge is 0.163 e. The van der Waals surface area contributed by atoms with Crippen LogP contribution in [-0.2, 0) is 0 Å². The predicted octanol–water partition coefficient (Wildman–Crippen LogP) is 4.83. The maximum absolute atomic E-state index is 12.6. The van der Waals surface area contributed by atoms with Crippen LogP contribution in [0.25, 0.3) is 11.3 Å². The molecule has 4 rings (SSSR count). The summed E-state index contributed by atoms with van der Waals surface area (Å²) in [5.74, 6) is 2.24. The number of hydrogen-bond acceptors (Lipinski definition) is 6. The minimum Gasteiger partial charge on any atom is -0.354 e. The molecule has 0 atom stereocenters. The number of nitrogens with one attached hydrogen (secondary N) is 2. The highest BCUT2D eigenvalue weighted by molar-refractivity contribution is 5.99. The van der Waals surface area contributed by atoms with Gasteiger partial charge in [0.15, 0.2) is 5.78 Å². The highest BCUT2D eigenvalue weighted by atomic mass is 16.1. The molecule has 0 aliphatic carbocycles. The van der Waals surface area contributed by atoms with Crippen LogP contribution in [0.4, 0.5) is 17.3 Å². The molecule has 6 nitrogen and oxygen atoms in total. The molecule has 0 amide bonds. The van der Waals surface area contributed by atoms with Crippen LogP contribution >= 0.6 is 0 Å². The molecule has 3 heterocycles. The Bertz CT molecular complexity index is 1090. The second kappa shape index (κ2) is 9.92. The zero-order chi connectivity index (χ0) is 22.5. The van der Waals surface area contributed by atoms with E-state index in [-0.39, 0.29) is 5.78 Å². The van der Waals surface area contributed by atoms with Crippen molar-refractivity contribution in [3.63, 3.8) is 0 Å².